The number of rotatable bonds is 4. The maximum Gasteiger partial charge on any atom is 0.147 e. The molecule has 0 atom stereocenters. The highest BCUT2D eigenvalue weighted by molar-refractivity contribution is 6.39. The van der Waals surface area contributed by atoms with Crippen molar-refractivity contribution < 1.29 is 4.42 Å². The first-order valence-electron chi connectivity index (χ1n) is 19.0. The van der Waals surface area contributed by atoms with E-state index in [9.17, 15) is 0 Å². The molecule has 0 aliphatic carbocycles. The van der Waals surface area contributed by atoms with Crippen molar-refractivity contribution in [3.05, 3.63) is 181 Å². The monoisotopic (exact) mass is 716 g/mol. The minimum atomic E-state index is 0.865. The number of benzene rings is 8. The van der Waals surface area contributed by atoms with Gasteiger partial charge in [-0.05, 0) is 67.1 Å². The summed E-state index contributed by atoms with van der Waals surface area (Å²) in [5, 5.41) is 6.90. The Kier molecular flexibility index (Phi) is 6.48. The fraction of sp³-hybridized carbons (Fsp3) is 0.0196. The molecule has 0 unspecified atom stereocenters. The van der Waals surface area contributed by atoms with Gasteiger partial charge < -0.3 is 13.6 Å². The number of aromatic nitrogens is 4. The molecule has 0 N–H and O–H groups in total. The Morgan fingerprint density at radius 2 is 0.982 bits per heavy atom. The first-order chi connectivity index (χ1) is 27.7. The van der Waals surface area contributed by atoms with Crippen molar-refractivity contribution in [2.75, 3.05) is 0 Å². The van der Waals surface area contributed by atoms with Gasteiger partial charge >= 0.3 is 0 Å². The number of furan rings is 1. The van der Waals surface area contributed by atoms with Gasteiger partial charge in [0, 0.05) is 44.0 Å². The van der Waals surface area contributed by atoms with E-state index in [2.05, 4.69) is 162 Å². The summed E-state index contributed by atoms with van der Waals surface area (Å²) in [5.74, 6) is 0. The van der Waals surface area contributed by atoms with Crippen molar-refractivity contribution in [2.24, 2.45) is 0 Å². The van der Waals surface area contributed by atoms with Gasteiger partial charge in [0.05, 0.1) is 55.3 Å². The van der Waals surface area contributed by atoms with Crippen molar-refractivity contribution >= 4 is 76.6 Å². The first kappa shape index (κ1) is 30.9. The summed E-state index contributed by atoms with van der Waals surface area (Å²) in [7, 11) is 0. The van der Waals surface area contributed by atoms with Gasteiger partial charge in [0.15, 0.2) is 0 Å². The molecule has 8 aromatic carbocycles. The highest BCUT2D eigenvalue weighted by atomic mass is 16.3. The normalized spacial score (nSPS) is 12.0. The number of para-hydroxylation sites is 6. The molecule has 56 heavy (non-hydrogen) atoms. The largest absolute Gasteiger partial charge is 0.455 e. The average molecular weight is 717 g/mol. The summed E-state index contributed by atoms with van der Waals surface area (Å²) in [4.78, 5) is 10.4. The van der Waals surface area contributed by atoms with Crippen LogP contribution in [0.3, 0.4) is 0 Å². The summed E-state index contributed by atoms with van der Waals surface area (Å²) in [6, 6.07) is 61.9. The number of aryl methyl sites for hydroxylation is 1. The van der Waals surface area contributed by atoms with E-state index in [1.807, 2.05) is 30.3 Å². The highest BCUT2D eigenvalue weighted by Gasteiger charge is 2.28. The van der Waals surface area contributed by atoms with Crippen molar-refractivity contribution in [1.29, 1.82) is 0 Å². The van der Waals surface area contributed by atoms with E-state index in [4.69, 9.17) is 14.4 Å². The van der Waals surface area contributed by atoms with Gasteiger partial charge in [0.1, 0.15) is 11.2 Å². The van der Waals surface area contributed by atoms with Gasteiger partial charge in [-0.1, -0.05) is 121 Å². The van der Waals surface area contributed by atoms with Crippen LogP contribution >= 0.6 is 0 Å². The van der Waals surface area contributed by atoms with Crippen LogP contribution in [0.5, 0.6) is 0 Å². The SMILES string of the molecule is Cc1cc(-c2nc3ccccc3nc2-c2ccccc2)ccc1-n1c2ccccc2c2c3oc4ccccc4c3c3c(c4ccccc4n3-c3ccccc3)c21. The third kappa shape index (κ3) is 4.31. The molecule has 0 saturated carbocycles. The standard InChI is InChI=1S/C51H32N4O/c1-31-30-33(48-47(32-16-4-2-5-17-32)52-38-23-11-12-24-39(38)53-48)28-29-40(31)55-42-26-14-9-21-36(42)45-50(55)44-35-20-8-13-25-41(35)54(34-18-6-3-7-19-34)49(44)46-37-22-10-15-27-43(37)56-51(45)46/h2-30H,1H3. The lowest BCUT2D eigenvalue weighted by Crippen LogP contribution is -2.00. The minimum Gasteiger partial charge on any atom is -0.455 e. The van der Waals surface area contributed by atoms with E-state index >= 15 is 0 Å². The van der Waals surface area contributed by atoms with Crippen LogP contribution in [0, 0.1) is 6.92 Å². The lowest BCUT2D eigenvalue weighted by Gasteiger charge is -2.15. The Labute approximate surface area is 321 Å². The minimum absolute atomic E-state index is 0.865. The van der Waals surface area contributed by atoms with E-state index in [1.54, 1.807) is 0 Å². The molecular formula is C51H32N4O. The summed E-state index contributed by atoms with van der Waals surface area (Å²) in [6.45, 7) is 2.21. The predicted octanol–water partition coefficient (Wildman–Crippen LogP) is 13.4. The van der Waals surface area contributed by atoms with Gasteiger partial charge in [-0.25, -0.2) is 9.97 Å². The Morgan fingerprint density at radius 1 is 0.446 bits per heavy atom. The fourth-order valence-corrected chi connectivity index (χ4v) is 9.03. The Hall–Kier alpha value is -7.50. The van der Waals surface area contributed by atoms with Gasteiger partial charge in [-0.3, -0.25) is 0 Å². The van der Waals surface area contributed by atoms with E-state index in [0.29, 0.717) is 0 Å². The third-order valence-corrected chi connectivity index (χ3v) is 11.4. The van der Waals surface area contributed by atoms with Crippen LogP contribution in [0.2, 0.25) is 0 Å². The molecule has 12 aromatic rings. The molecule has 5 nitrogen and oxygen atoms in total. The topological polar surface area (TPSA) is 48.8 Å². The van der Waals surface area contributed by atoms with Crippen molar-refractivity contribution in [2.45, 2.75) is 6.92 Å². The van der Waals surface area contributed by atoms with E-state index in [-0.39, 0.29) is 0 Å². The van der Waals surface area contributed by atoms with Gasteiger partial charge in [0.2, 0.25) is 0 Å². The lowest BCUT2D eigenvalue weighted by molar-refractivity contribution is 0.673. The Balaban J connectivity index is 1.22. The van der Waals surface area contributed by atoms with Crippen molar-refractivity contribution in [3.63, 3.8) is 0 Å². The van der Waals surface area contributed by atoms with Crippen LogP contribution < -0.4 is 0 Å². The zero-order chi connectivity index (χ0) is 36.9. The predicted molar refractivity (Wildman–Crippen MR) is 231 cm³/mol. The summed E-state index contributed by atoms with van der Waals surface area (Å²) < 4.78 is 11.9. The van der Waals surface area contributed by atoms with Crippen LogP contribution in [0.15, 0.2) is 180 Å². The zero-order valence-corrected chi connectivity index (χ0v) is 30.4. The number of fused-ring (bicyclic) bond motifs is 13. The van der Waals surface area contributed by atoms with E-state index < -0.39 is 0 Å². The molecule has 0 aliphatic heterocycles. The zero-order valence-electron chi connectivity index (χ0n) is 30.4. The van der Waals surface area contributed by atoms with Crippen LogP contribution in [0.25, 0.3) is 110 Å². The first-order valence-corrected chi connectivity index (χ1v) is 19.0. The molecule has 4 heterocycles. The molecule has 5 heteroatoms. The Bertz CT molecular complexity index is 3540. The molecule has 0 bridgehead atoms. The van der Waals surface area contributed by atoms with Crippen molar-refractivity contribution in [3.8, 4) is 33.9 Å². The molecular weight excluding hydrogens is 685 g/mol. The molecule has 0 spiro atoms. The third-order valence-electron chi connectivity index (χ3n) is 11.4. The number of hydrogen-bond donors (Lipinski definition) is 0. The summed E-state index contributed by atoms with van der Waals surface area (Å²) >= 11 is 0. The lowest BCUT2D eigenvalue weighted by atomic mass is 10.0. The average Bonchev–Trinajstić information content (AvgIpc) is 3.92. The molecule has 0 saturated heterocycles. The molecule has 0 amide bonds. The highest BCUT2D eigenvalue weighted by Crippen LogP contribution is 2.49. The van der Waals surface area contributed by atoms with Crippen LogP contribution in [-0.2, 0) is 0 Å². The maximum atomic E-state index is 6.97. The molecule has 262 valence electrons. The molecule has 4 aromatic heterocycles. The van der Waals surface area contributed by atoms with Gasteiger partial charge in [0.25, 0.3) is 0 Å². The smallest absolute Gasteiger partial charge is 0.147 e. The Morgan fingerprint density at radius 3 is 1.70 bits per heavy atom. The van der Waals surface area contributed by atoms with Gasteiger partial charge in [-0.2, -0.15) is 0 Å². The van der Waals surface area contributed by atoms with E-state index in [0.717, 1.165) is 105 Å². The molecule has 0 aliphatic rings. The quantitative estimate of drug-likeness (QED) is 0.182. The molecule has 12 rings (SSSR count). The second kappa shape index (κ2) is 11.7. The summed E-state index contributed by atoms with van der Waals surface area (Å²) in [6.07, 6.45) is 0. The van der Waals surface area contributed by atoms with Crippen molar-refractivity contribution in [1.82, 2.24) is 19.1 Å². The summed E-state index contributed by atoms with van der Waals surface area (Å²) in [5.41, 5.74) is 15.2. The van der Waals surface area contributed by atoms with Gasteiger partial charge in [-0.15, -0.1) is 0 Å². The molecule has 0 radical (unpaired) electrons. The second-order valence-electron chi connectivity index (χ2n) is 14.6. The van der Waals surface area contributed by atoms with Crippen LogP contribution in [-0.4, -0.2) is 19.1 Å². The van der Waals surface area contributed by atoms with E-state index in [1.165, 1.54) is 10.8 Å². The number of nitrogens with zero attached hydrogens (tertiary/aromatic N) is 4. The van der Waals surface area contributed by atoms with Crippen LogP contribution in [0.4, 0.5) is 0 Å². The van der Waals surface area contributed by atoms with Crippen LogP contribution in [0.1, 0.15) is 5.56 Å². The maximum absolute atomic E-state index is 6.97. The molecule has 0 fully saturated rings. The fourth-order valence-electron chi connectivity index (χ4n) is 9.03. The second-order valence-corrected chi connectivity index (χ2v) is 14.6. The number of hydrogen-bond acceptors (Lipinski definition) is 3.